The van der Waals surface area contributed by atoms with Crippen LogP contribution < -0.4 is 5.32 Å². The largest absolute Gasteiger partial charge is 0.349 e. The molecule has 1 aromatic rings. The van der Waals surface area contributed by atoms with Crippen molar-refractivity contribution in [1.29, 1.82) is 0 Å². The van der Waals surface area contributed by atoms with E-state index in [-0.39, 0.29) is 11.3 Å². The van der Waals surface area contributed by atoms with Gasteiger partial charge in [0, 0.05) is 11.4 Å². The van der Waals surface area contributed by atoms with Crippen LogP contribution in [0.4, 0.5) is 0 Å². The first kappa shape index (κ1) is 15.3. The van der Waals surface area contributed by atoms with Crippen molar-refractivity contribution in [2.75, 3.05) is 0 Å². The zero-order valence-electron chi connectivity index (χ0n) is 11.8. The molecule has 0 aromatic carbocycles. The van der Waals surface area contributed by atoms with E-state index in [1.807, 2.05) is 11.4 Å². The van der Waals surface area contributed by atoms with Gasteiger partial charge in [0.1, 0.15) is 0 Å². The number of rotatable bonds is 2. The highest BCUT2D eigenvalue weighted by Gasteiger charge is 2.35. The second kappa shape index (κ2) is 6.12. The molecule has 0 bridgehead atoms. The Balaban J connectivity index is 2.05. The lowest BCUT2D eigenvalue weighted by Gasteiger charge is -2.40. The van der Waals surface area contributed by atoms with E-state index in [2.05, 4.69) is 48.7 Å². The van der Waals surface area contributed by atoms with Crippen molar-refractivity contribution in [1.82, 2.24) is 5.32 Å². The third-order valence-electron chi connectivity index (χ3n) is 4.02. The second-order valence-corrected chi connectivity index (χ2v) is 9.28. The lowest BCUT2D eigenvalue weighted by molar-refractivity contribution is 0.0830. The van der Waals surface area contributed by atoms with Crippen LogP contribution in [0.1, 0.15) is 56.8 Å². The molecule has 106 valence electrons. The Bertz CT molecular complexity index is 449. The van der Waals surface area contributed by atoms with E-state index in [1.54, 1.807) is 11.3 Å². The average molecular weight is 391 g/mol. The molecule has 0 radical (unpaired) electrons. The van der Waals surface area contributed by atoms with Gasteiger partial charge in [-0.1, -0.05) is 33.6 Å². The number of thiophene rings is 1. The summed E-state index contributed by atoms with van der Waals surface area (Å²) in [6.07, 6.45) is 4.88. The second-order valence-electron chi connectivity index (χ2n) is 6.48. The van der Waals surface area contributed by atoms with Crippen LogP contribution in [-0.2, 0) is 0 Å². The van der Waals surface area contributed by atoms with Gasteiger partial charge >= 0.3 is 0 Å². The van der Waals surface area contributed by atoms with Crippen molar-refractivity contribution in [3.05, 3.63) is 19.9 Å². The van der Waals surface area contributed by atoms with E-state index in [9.17, 15) is 4.79 Å². The molecule has 2 atom stereocenters. The number of nitrogens with one attached hydrogen (secondary N) is 1. The van der Waals surface area contributed by atoms with Crippen molar-refractivity contribution < 1.29 is 4.79 Å². The Labute approximate surface area is 133 Å². The molecule has 1 aliphatic rings. The summed E-state index contributed by atoms with van der Waals surface area (Å²) in [5, 5.41) is 5.22. The summed E-state index contributed by atoms with van der Waals surface area (Å²) in [5.74, 6) is 0.684. The van der Waals surface area contributed by atoms with E-state index in [1.165, 1.54) is 22.1 Å². The van der Waals surface area contributed by atoms with Gasteiger partial charge in [0.2, 0.25) is 0 Å². The molecule has 1 saturated carbocycles. The summed E-state index contributed by atoms with van der Waals surface area (Å²) in [5.41, 5.74) is 1.08. The molecule has 0 spiro atoms. The van der Waals surface area contributed by atoms with Gasteiger partial charge in [0.25, 0.3) is 5.91 Å². The van der Waals surface area contributed by atoms with Crippen LogP contribution in [0.5, 0.6) is 0 Å². The molecule has 2 rings (SSSR count). The summed E-state index contributed by atoms with van der Waals surface area (Å²) < 4.78 is 1.17. The number of carbonyl (C=O) groups excluding carboxylic acids is 1. The fourth-order valence-corrected chi connectivity index (χ4v) is 4.35. The minimum atomic E-state index is 0.0975. The van der Waals surface area contributed by atoms with Gasteiger partial charge in [-0.3, -0.25) is 4.79 Å². The first-order valence-electron chi connectivity index (χ1n) is 6.93. The molecule has 1 amide bonds. The van der Waals surface area contributed by atoms with Gasteiger partial charge < -0.3 is 5.32 Å². The quantitative estimate of drug-likeness (QED) is 0.729. The zero-order chi connectivity index (χ0) is 14.0. The van der Waals surface area contributed by atoms with Gasteiger partial charge in [0.05, 0.1) is 8.45 Å². The minimum absolute atomic E-state index is 0.0975. The number of hydrogen-bond donors (Lipinski definition) is 1. The molecule has 2 nitrogen and oxygen atoms in total. The molecule has 19 heavy (non-hydrogen) atoms. The first-order chi connectivity index (χ1) is 8.88. The lowest BCUT2D eigenvalue weighted by Crippen LogP contribution is -2.46. The van der Waals surface area contributed by atoms with E-state index < -0.39 is 0 Å². The van der Waals surface area contributed by atoms with Gasteiger partial charge in [-0.2, -0.15) is 0 Å². The summed E-state index contributed by atoms with van der Waals surface area (Å²) in [4.78, 5) is 12.3. The number of halogens is 1. The number of hydrogen-bond acceptors (Lipinski definition) is 2. The molecule has 0 aliphatic heterocycles. The van der Waals surface area contributed by atoms with Gasteiger partial charge in [0.15, 0.2) is 0 Å². The van der Waals surface area contributed by atoms with Crippen LogP contribution in [0.15, 0.2) is 11.4 Å². The van der Waals surface area contributed by atoms with Gasteiger partial charge in [-0.25, -0.2) is 0 Å². The van der Waals surface area contributed by atoms with Crippen molar-refractivity contribution in [2.24, 2.45) is 11.3 Å². The van der Waals surface area contributed by atoms with E-state index in [4.69, 9.17) is 0 Å². The van der Waals surface area contributed by atoms with Crippen LogP contribution in [0, 0.1) is 14.2 Å². The maximum Gasteiger partial charge on any atom is 0.252 e. The SMILES string of the molecule is CC(C)(C)C1CCCCC1NC(=O)c1csc(I)c1. The Hall–Kier alpha value is -0.100. The maximum absolute atomic E-state index is 12.3. The topological polar surface area (TPSA) is 29.1 Å². The van der Waals surface area contributed by atoms with Crippen LogP contribution >= 0.6 is 33.9 Å². The third-order valence-corrected chi connectivity index (χ3v) is 5.81. The fourth-order valence-electron chi connectivity index (χ4n) is 3.02. The molecular weight excluding hydrogens is 369 g/mol. The van der Waals surface area contributed by atoms with Crippen molar-refractivity contribution in [3.63, 3.8) is 0 Å². The monoisotopic (exact) mass is 391 g/mol. The summed E-state index contributed by atoms with van der Waals surface area (Å²) in [7, 11) is 0. The van der Waals surface area contributed by atoms with E-state index in [0.29, 0.717) is 12.0 Å². The number of carbonyl (C=O) groups is 1. The minimum Gasteiger partial charge on any atom is -0.349 e. The Morgan fingerprint density at radius 1 is 1.37 bits per heavy atom. The maximum atomic E-state index is 12.3. The first-order valence-corrected chi connectivity index (χ1v) is 8.88. The van der Waals surface area contributed by atoms with Crippen molar-refractivity contribution in [3.8, 4) is 0 Å². The molecule has 0 saturated heterocycles. The molecule has 1 aromatic heterocycles. The van der Waals surface area contributed by atoms with E-state index >= 15 is 0 Å². The van der Waals surface area contributed by atoms with Crippen molar-refractivity contribution >= 4 is 39.8 Å². The molecule has 1 aliphatic carbocycles. The lowest BCUT2D eigenvalue weighted by atomic mass is 9.69. The van der Waals surface area contributed by atoms with Crippen LogP contribution in [-0.4, -0.2) is 11.9 Å². The Morgan fingerprint density at radius 2 is 2.05 bits per heavy atom. The van der Waals surface area contributed by atoms with Crippen LogP contribution in [0.25, 0.3) is 0 Å². The third kappa shape index (κ3) is 3.94. The fraction of sp³-hybridized carbons (Fsp3) is 0.667. The highest BCUT2D eigenvalue weighted by atomic mass is 127. The smallest absolute Gasteiger partial charge is 0.252 e. The highest BCUT2D eigenvalue weighted by Crippen LogP contribution is 2.38. The predicted octanol–water partition coefficient (Wildman–Crippen LogP) is 4.69. The Kier molecular flexibility index (Phi) is 4.93. The summed E-state index contributed by atoms with van der Waals surface area (Å²) in [6.45, 7) is 6.86. The molecule has 1 heterocycles. The van der Waals surface area contributed by atoms with Crippen molar-refractivity contribution in [2.45, 2.75) is 52.5 Å². The highest BCUT2D eigenvalue weighted by molar-refractivity contribution is 14.1. The molecule has 4 heteroatoms. The van der Waals surface area contributed by atoms with Crippen LogP contribution in [0.3, 0.4) is 0 Å². The molecule has 2 unspecified atom stereocenters. The average Bonchev–Trinajstić information content (AvgIpc) is 2.75. The van der Waals surface area contributed by atoms with Gasteiger partial charge in [-0.15, -0.1) is 11.3 Å². The molecule has 1 N–H and O–H groups in total. The number of amides is 1. The summed E-state index contributed by atoms with van der Waals surface area (Å²) >= 11 is 3.89. The van der Waals surface area contributed by atoms with Gasteiger partial charge in [-0.05, 0) is 52.8 Å². The van der Waals surface area contributed by atoms with E-state index in [0.717, 1.165) is 12.0 Å². The molecule has 1 fully saturated rings. The Morgan fingerprint density at radius 3 is 2.63 bits per heavy atom. The molecular formula is C15H22INOS. The summed E-state index contributed by atoms with van der Waals surface area (Å²) in [6, 6.07) is 2.30. The van der Waals surface area contributed by atoms with Crippen LogP contribution in [0.2, 0.25) is 0 Å². The predicted molar refractivity (Wildman–Crippen MR) is 89.7 cm³/mol. The standard InChI is InChI=1S/C15H22INOS/c1-15(2,3)11-6-4-5-7-12(11)17-14(18)10-8-13(16)19-9-10/h8-9,11-12H,4-7H2,1-3H3,(H,17,18). The normalized spacial score (nSPS) is 24.2. The zero-order valence-corrected chi connectivity index (χ0v) is 14.8.